The minimum atomic E-state index is -1.24. The molecule has 3 aromatic heterocycles. The van der Waals surface area contributed by atoms with E-state index in [0.29, 0.717) is 42.3 Å². The van der Waals surface area contributed by atoms with Gasteiger partial charge in [-0.25, -0.2) is 23.3 Å². The Morgan fingerprint density at radius 2 is 2.13 bits per heavy atom. The summed E-state index contributed by atoms with van der Waals surface area (Å²) >= 11 is 6.32. The summed E-state index contributed by atoms with van der Waals surface area (Å²) < 4.78 is 40.6. The maximum absolute atomic E-state index is 14.9. The van der Waals surface area contributed by atoms with Crippen molar-refractivity contribution < 1.29 is 23.4 Å². The fourth-order valence-corrected chi connectivity index (χ4v) is 4.60. The summed E-state index contributed by atoms with van der Waals surface area (Å²) in [6.07, 6.45) is 3.19. The Hall–Kier alpha value is -3.26. The normalized spacial score (nSPS) is 21.8. The van der Waals surface area contributed by atoms with E-state index in [1.165, 1.54) is 10.7 Å². The number of ether oxygens (including phenoxy) is 2. The van der Waals surface area contributed by atoms with Gasteiger partial charge in [-0.1, -0.05) is 11.6 Å². The van der Waals surface area contributed by atoms with Crippen molar-refractivity contribution in [3.05, 3.63) is 53.1 Å². The van der Waals surface area contributed by atoms with Gasteiger partial charge in [-0.15, -0.1) is 0 Å². The minimum absolute atomic E-state index is 0.00312. The lowest BCUT2D eigenvalue weighted by Crippen LogP contribution is -2.57. The summed E-state index contributed by atoms with van der Waals surface area (Å²) in [5.74, 6) is -0.363. The number of alkyl halides is 1. The number of aromatic nitrogens is 4. The largest absolute Gasteiger partial charge is 0.488 e. The molecule has 14 heteroatoms. The summed E-state index contributed by atoms with van der Waals surface area (Å²) in [5, 5.41) is 27.7. The van der Waals surface area contributed by atoms with Crippen molar-refractivity contribution in [1.29, 1.82) is 5.41 Å². The molecule has 3 N–H and O–H groups in total. The van der Waals surface area contributed by atoms with Crippen molar-refractivity contribution in [2.24, 2.45) is 5.10 Å². The lowest BCUT2D eigenvalue weighted by Gasteiger charge is -2.42. The molecule has 0 saturated carbocycles. The van der Waals surface area contributed by atoms with E-state index in [1.54, 1.807) is 19.2 Å². The first kappa shape index (κ1) is 26.4. The number of halogens is 3. The van der Waals surface area contributed by atoms with Crippen LogP contribution < -0.4 is 10.2 Å². The van der Waals surface area contributed by atoms with Gasteiger partial charge in [-0.3, -0.25) is 4.90 Å². The molecule has 2 unspecified atom stereocenters. The van der Waals surface area contributed by atoms with E-state index in [9.17, 15) is 13.9 Å². The quantitative estimate of drug-likeness (QED) is 0.274. The van der Waals surface area contributed by atoms with E-state index >= 15 is 0 Å². The molecule has 0 amide bonds. The van der Waals surface area contributed by atoms with Crippen LogP contribution in [0.3, 0.4) is 0 Å². The Morgan fingerprint density at radius 3 is 2.79 bits per heavy atom. The van der Waals surface area contributed by atoms with Crippen LogP contribution in [0.1, 0.15) is 30.8 Å². The van der Waals surface area contributed by atoms with Gasteiger partial charge in [0.1, 0.15) is 35.9 Å². The fourth-order valence-electron chi connectivity index (χ4n) is 4.38. The highest BCUT2D eigenvalue weighted by Crippen LogP contribution is 2.29. The van der Waals surface area contributed by atoms with Gasteiger partial charge in [-0.2, -0.15) is 10.2 Å². The summed E-state index contributed by atoms with van der Waals surface area (Å²) in [5.41, 5.74) is 4.25. The molecule has 11 nitrogen and oxygen atoms in total. The number of nitrogens with one attached hydrogen (secondary N) is 2. The lowest BCUT2D eigenvalue weighted by molar-refractivity contribution is -0.0818. The van der Waals surface area contributed by atoms with Gasteiger partial charge in [0.2, 0.25) is 0 Å². The maximum atomic E-state index is 14.9. The van der Waals surface area contributed by atoms with Gasteiger partial charge in [0, 0.05) is 24.8 Å². The summed E-state index contributed by atoms with van der Waals surface area (Å²) in [6, 6.07) is 1.40. The molecule has 2 fully saturated rings. The fraction of sp³-hybridized carbons (Fsp3) is 0.458. The van der Waals surface area contributed by atoms with Crippen LogP contribution in [-0.4, -0.2) is 92.2 Å². The number of aliphatic hydroxyl groups excluding tert-OH is 1. The average Bonchev–Trinajstić information content (AvgIpc) is 3.23. The van der Waals surface area contributed by atoms with Crippen molar-refractivity contribution in [3.8, 4) is 5.75 Å². The van der Waals surface area contributed by atoms with Gasteiger partial charge in [0.15, 0.2) is 11.6 Å². The molecular weight excluding hydrogens is 522 g/mol. The van der Waals surface area contributed by atoms with Crippen LogP contribution in [0, 0.1) is 11.2 Å². The third kappa shape index (κ3) is 5.60. The summed E-state index contributed by atoms with van der Waals surface area (Å²) in [6.45, 7) is 3.63. The standard InChI is InChI=1S/C24H27ClF2N8O3/c1-13(28)22(33-32-19-2-3-34(9-18(19)27)16-10-37-11-16)14-4-21(23-17(25)7-31-35(23)8-14)38-12-20(36)24-29-5-15(26)6-30-24/h4-8,16,18-20,28,32,36H,2-3,9-12H2,1H3/b28-13?,33-22+/t18-,19?,20?/m0/s1. The molecule has 0 aromatic carbocycles. The molecule has 0 radical (unpaired) electrons. The molecular formula is C24H27ClF2N8O3. The lowest BCUT2D eigenvalue weighted by atomic mass is 10.0. The summed E-state index contributed by atoms with van der Waals surface area (Å²) in [4.78, 5) is 9.64. The zero-order chi connectivity index (χ0) is 26.8. The van der Waals surface area contributed by atoms with Gasteiger partial charge >= 0.3 is 0 Å². The Bertz CT molecular complexity index is 1330. The minimum Gasteiger partial charge on any atom is -0.488 e. The first-order valence-electron chi connectivity index (χ1n) is 12.1. The average molecular weight is 549 g/mol. The van der Waals surface area contributed by atoms with E-state index in [4.69, 9.17) is 26.5 Å². The van der Waals surface area contributed by atoms with Crippen LogP contribution in [0.2, 0.25) is 5.02 Å². The first-order chi connectivity index (χ1) is 18.3. The Labute approximate surface area is 221 Å². The highest BCUT2D eigenvalue weighted by atomic mass is 35.5. The molecule has 0 aliphatic carbocycles. The van der Waals surface area contributed by atoms with Crippen LogP contribution >= 0.6 is 11.6 Å². The molecule has 5 heterocycles. The van der Waals surface area contributed by atoms with E-state index < -0.39 is 24.1 Å². The number of likely N-dealkylation sites (tertiary alicyclic amines) is 1. The number of hydrogen-bond acceptors (Lipinski definition) is 10. The zero-order valence-electron chi connectivity index (χ0n) is 20.5. The van der Waals surface area contributed by atoms with Crippen molar-refractivity contribution in [2.75, 3.05) is 32.9 Å². The molecule has 38 heavy (non-hydrogen) atoms. The van der Waals surface area contributed by atoms with Crippen LogP contribution in [0.25, 0.3) is 5.52 Å². The van der Waals surface area contributed by atoms with Crippen LogP contribution in [-0.2, 0) is 4.74 Å². The maximum Gasteiger partial charge on any atom is 0.160 e. The van der Waals surface area contributed by atoms with Crippen LogP contribution in [0.5, 0.6) is 5.75 Å². The van der Waals surface area contributed by atoms with Crippen molar-refractivity contribution in [3.63, 3.8) is 0 Å². The number of nitrogens with zero attached hydrogens (tertiary/aromatic N) is 6. The molecule has 5 rings (SSSR count). The molecule has 202 valence electrons. The van der Waals surface area contributed by atoms with E-state index in [-0.39, 0.29) is 35.6 Å². The monoisotopic (exact) mass is 548 g/mol. The molecule has 2 aliphatic rings. The number of pyridine rings is 1. The molecule has 2 saturated heterocycles. The topological polar surface area (TPSA) is 133 Å². The first-order valence-corrected chi connectivity index (χ1v) is 12.5. The molecule has 3 aromatic rings. The van der Waals surface area contributed by atoms with Gasteiger partial charge in [0.05, 0.1) is 54.6 Å². The van der Waals surface area contributed by atoms with Crippen molar-refractivity contribution in [2.45, 2.75) is 37.7 Å². The Morgan fingerprint density at radius 1 is 1.37 bits per heavy atom. The second-order valence-electron chi connectivity index (χ2n) is 9.28. The predicted octanol–water partition coefficient (Wildman–Crippen LogP) is 2.17. The number of rotatable bonds is 9. The third-order valence-electron chi connectivity index (χ3n) is 6.55. The van der Waals surface area contributed by atoms with Crippen LogP contribution in [0.4, 0.5) is 8.78 Å². The SMILES string of the molecule is CC(=N)/C(=N\NC1CCN(C2COC2)C[C@@H]1F)c1cc(OCC(O)c2ncc(F)cn2)c2c(Cl)cnn2c1. The van der Waals surface area contributed by atoms with E-state index in [2.05, 4.69) is 30.5 Å². The Balaban J connectivity index is 1.35. The number of hydrogen-bond donors (Lipinski definition) is 3. The van der Waals surface area contributed by atoms with Crippen molar-refractivity contribution >= 4 is 28.5 Å². The van der Waals surface area contributed by atoms with Crippen LogP contribution in [0.15, 0.2) is 36.0 Å². The smallest absolute Gasteiger partial charge is 0.160 e. The van der Waals surface area contributed by atoms with E-state index in [1.807, 2.05) is 0 Å². The van der Waals surface area contributed by atoms with E-state index in [0.717, 1.165) is 18.9 Å². The highest BCUT2D eigenvalue weighted by Gasteiger charge is 2.35. The van der Waals surface area contributed by atoms with Gasteiger partial charge in [0.25, 0.3) is 0 Å². The Kier molecular flexibility index (Phi) is 7.79. The summed E-state index contributed by atoms with van der Waals surface area (Å²) in [7, 11) is 0. The number of hydrazone groups is 1. The molecule has 0 bridgehead atoms. The number of fused-ring (bicyclic) bond motifs is 1. The van der Waals surface area contributed by atoms with Crippen molar-refractivity contribution in [1.82, 2.24) is 29.9 Å². The molecule has 2 aliphatic heterocycles. The van der Waals surface area contributed by atoms with Gasteiger partial charge in [-0.05, 0) is 19.4 Å². The second-order valence-corrected chi connectivity index (χ2v) is 9.68. The molecule has 3 atom stereocenters. The number of piperidine rings is 1. The predicted molar refractivity (Wildman–Crippen MR) is 135 cm³/mol. The zero-order valence-corrected chi connectivity index (χ0v) is 21.3. The number of aliphatic hydroxyl groups is 1. The molecule has 0 spiro atoms. The highest BCUT2D eigenvalue weighted by molar-refractivity contribution is 6.46. The third-order valence-corrected chi connectivity index (χ3v) is 6.82. The second kappa shape index (κ2) is 11.2. The van der Waals surface area contributed by atoms with Gasteiger partial charge < -0.3 is 25.4 Å².